The third-order valence-electron chi connectivity index (χ3n) is 3.48. The molecule has 0 saturated heterocycles. The van der Waals surface area contributed by atoms with Gasteiger partial charge in [0, 0.05) is 5.56 Å². The quantitative estimate of drug-likeness (QED) is 0.451. The molecule has 1 N–H and O–H groups in total. The summed E-state index contributed by atoms with van der Waals surface area (Å²) in [6.45, 7) is 0.100. The molecule has 0 amide bonds. The Bertz CT molecular complexity index is 794. The third kappa shape index (κ3) is 4.38. The monoisotopic (exact) mass is 342 g/mol. The normalized spacial score (nSPS) is 10.9. The molecular formula is C19H18O6. The van der Waals surface area contributed by atoms with E-state index in [2.05, 4.69) is 0 Å². The van der Waals surface area contributed by atoms with E-state index >= 15 is 0 Å². The third-order valence-corrected chi connectivity index (χ3v) is 3.48. The Labute approximate surface area is 145 Å². The van der Waals surface area contributed by atoms with Crippen molar-refractivity contribution in [3.63, 3.8) is 0 Å². The number of carbonyl (C=O) groups excluding carboxylic acids is 1. The summed E-state index contributed by atoms with van der Waals surface area (Å²) in [6.07, 6.45) is 1.89. The van der Waals surface area contributed by atoms with E-state index in [-0.39, 0.29) is 12.2 Å². The summed E-state index contributed by atoms with van der Waals surface area (Å²) in [5.41, 5.74) is 1.62. The van der Waals surface area contributed by atoms with Gasteiger partial charge in [0.15, 0.2) is 11.5 Å². The Balaban J connectivity index is 2.32. The number of rotatable bonds is 8. The van der Waals surface area contributed by atoms with Gasteiger partial charge in [-0.15, -0.1) is 0 Å². The fourth-order valence-corrected chi connectivity index (χ4v) is 2.29. The first-order valence-corrected chi connectivity index (χ1v) is 7.41. The second-order valence-electron chi connectivity index (χ2n) is 5.05. The van der Waals surface area contributed by atoms with Crippen LogP contribution < -0.4 is 9.47 Å². The van der Waals surface area contributed by atoms with Crippen LogP contribution in [0, 0.1) is 0 Å². The van der Waals surface area contributed by atoms with Crippen LogP contribution in [0.2, 0.25) is 0 Å². The molecule has 0 spiro atoms. The van der Waals surface area contributed by atoms with Crippen LogP contribution >= 0.6 is 0 Å². The first kappa shape index (κ1) is 18.1. The summed E-state index contributed by atoms with van der Waals surface area (Å²) >= 11 is 0. The molecule has 0 aliphatic heterocycles. The van der Waals surface area contributed by atoms with E-state index in [1.165, 1.54) is 20.5 Å². The van der Waals surface area contributed by atoms with Gasteiger partial charge in [0.05, 0.1) is 20.5 Å². The molecule has 0 radical (unpaired) electrons. The fraction of sp³-hybridized carbons (Fsp3) is 0.158. The highest BCUT2D eigenvalue weighted by Crippen LogP contribution is 2.29. The second-order valence-corrected chi connectivity index (χ2v) is 5.05. The molecule has 25 heavy (non-hydrogen) atoms. The highest BCUT2D eigenvalue weighted by molar-refractivity contribution is 6.15. The minimum absolute atomic E-state index is 0.0234. The molecule has 0 fully saturated rings. The van der Waals surface area contributed by atoms with Crippen LogP contribution in [0.1, 0.15) is 21.5 Å². The number of carboxylic acid groups (broad SMARTS) is 1. The molecule has 6 heteroatoms. The van der Waals surface area contributed by atoms with Gasteiger partial charge < -0.3 is 19.3 Å². The molecule has 2 aromatic carbocycles. The lowest BCUT2D eigenvalue weighted by atomic mass is 10.0. The summed E-state index contributed by atoms with van der Waals surface area (Å²) in [6, 6.07) is 11.8. The highest BCUT2D eigenvalue weighted by atomic mass is 16.5. The van der Waals surface area contributed by atoms with Gasteiger partial charge in [0.1, 0.15) is 18.5 Å². The maximum absolute atomic E-state index is 11.5. The van der Waals surface area contributed by atoms with Gasteiger partial charge in [-0.3, -0.25) is 4.79 Å². The van der Waals surface area contributed by atoms with Crippen LogP contribution in [-0.4, -0.2) is 31.6 Å². The molecule has 0 unspecified atom stereocenters. The van der Waals surface area contributed by atoms with Crippen LogP contribution in [0.15, 0.2) is 48.7 Å². The Hall–Kier alpha value is -3.28. The zero-order valence-electron chi connectivity index (χ0n) is 13.9. The van der Waals surface area contributed by atoms with Gasteiger partial charge in [-0.2, -0.15) is 0 Å². The summed E-state index contributed by atoms with van der Waals surface area (Å²) in [4.78, 5) is 22.4. The molecule has 0 saturated carbocycles. The summed E-state index contributed by atoms with van der Waals surface area (Å²) in [7, 11) is 2.89. The molecule has 0 heterocycles. The van der Waals surface area contributed by atoms with Gasteiger partial charge in [-0.25, -0.2) is 4.79 Å². The lowest BCUT2D eigenvalue weighted by molar-refractivity contribution is -0.130. The second kappa shape index (κ2) is 8.54. The van der Waals surface area contributed by atoms with Crippen molar-refractivity contribution in [3.05, 3.63) is 65.4 Å². The van der Waals surface area contributed by atoms with Crippen molar-refractivity contribution >= 4 is 17.8 Å². The van der Waals surface area contributed by atoms with Crippen LogP contribution in [-0.2, 0) is 16.1 Å². The lowest BCUT2D eigenvalue weighted by Gasteiger charge is -2.14. The Morgan fingerprint density at radius 1 is 1.12 bits per heavy atom. The summed E-state index contributed by atoms with van der Waals surface area (Å²) in [5.74, 6) is -0.224. The molecule has 2 rings (SSSR count). The Morgan fingerprint density at radius 2 is 1.88 bits per heavy atom. The molecule has 0 aromatic heterocycles. The van der Waals surface area contributed by atoms with Gasteiger partial charge in [-0.05, 0) is 29.3 Å². The zero-order chi connectivity index (χ0) is 18.2. The minimum atomic E-state index is -1.10. The van der Waals surface area contributed by atoms with E-state index in [4.69, 9.17) is 14.2 Å². The Morgan fingerprint density at radius 3 is 2.52 bits per heavy atom. The van der Waals surface area contributed by atoms with Crippen LogP contribution in [0.3, 0.4) is 0 Å². The number of aldehydes is 1. The number of ether oxygens (including phenoxy) is 3. The molecule has 0 aliphatic carbocycles. The van der Waals surface area contributed by atoms with Crippen molar-refractivity contribution in [2.75, 3.05) is 14.2 Å². The van der Waals surface area contributed by atoms with Crippen molar-refractivity contribution in [3.8, 4) is 11.5 Å². The number of aliphatic carboxylic acids is 1. The van der Waals surface area contributed by atoms with Crippen molar-refractivity contribution in [1.29, 1.82) is 0 Å². The number of hydrogen-bond donors (Lipinski definition) is 1. The molecule has 0 atom stereocenters. The van der Waals surface area contributed by atoms with Gasteiger partial charge >= 0.3 is 5.97 Å². The average Bonchev–Trinajstić information content (AvgIpc) is 2.64. The molecule has 0 bridgehead atoms. The first-order valence-electron chi connectivity index (χ1n) is 7.41. The zero-order valence-corrected chi connectivity index (χ0v) is 13.9. The lowest BCUT2D eigenvalue weighted by Crippen LogP contribution is -2.06. The molecule has 0 aliphatic rings. The van der Waals surface area contributed by atoms with E-state index in [9.17, 15) is 14.7 Å². The van der Waals surface area contributed by atoms with E-state index in [0.29, 0.717) is 34.5 Å². The molecular weight excluding hydrogens is 324 g/mol. The van der Waals surface area contributed by atoms with Crippen LogP contribution in [0.4, 0.5) is 0 Å². The van der Waals surface area contributed by atoms with Crippen LogP contribution in [0.25, 0.3) is 5.57 Å². The SMILES string of the molecule is COC=C(C(=O)O)c1ccccc1COc1cc(C=O)ccc1OC. The number of carbonyl (C=O) groups is 2. The van der Waals surface area contributed by atoms with E-state index in [0.717, 1.165) is 0 Å². The summed E-state index contributed by atoms with van der Waals surface area (Å²) in [5, 5.41) is 9.37. The predicted molar refractivity (Wildman–Crippen MR) is 91.8 cm³/mol. The Kier molecular flexibility index (Phi) is 6.17. The van der Waals surface area contributed by atoms with Crippen molar-refractivity contribution in [1.82, 2.24) is 0 Å². The maximum atomic E-state index is 11.5. The minimum Gasteiger partial charge on any atom is -0.503 e. The molecule has 130 valence electrons. The van der Waals surface area contributed by atoms with Crippen molar-refractivity contribution in [2.24, 2.45) is 0 Å². The predicted octanol–water partition coefficient (Wildman–Crippen LogP) is 3.16. The van der Waals surface area contributed by atoms with E-state index in [1.807, 2.05) is 0 Å². The number of benzene rings is 2. The topological polar surface area (TPSA) is 82.1 Å². The fourth-order valence-electron chi connectivity index (χ4n) is 2.29. The number of hydrogen-bond acceptors (Lipinski definition) is 5. The van der Waals surface area contributed by atoms with Gasteiger partial charge in [-0.1, -0.05) is 24.3 Å². The largest absolute Gasteiger partial charge is 0.503 e. The smallest absolute Gasteiger partial charge is 0.339 e. The van der Waals surface area contributed by atoms with Crippen LogP contribution in [0.5, 0.6) is 11.5 Å². The molecule has 2 aromatic rings. The maximum Gasteiger partial charge on any atom is 0.339 e. The van der Waals surface area contributed by atoms with Gasteiger partial charge in [0.2, 0.25) is 0 Å². The summed E-state index contributed by atoms with van der Waals surface area (Å²) < 4.78 is 15.8. The van der Waals surface area contributed by atoms with E-state index < -0.39 is 5.97 Å². The number of carboxylic acids is 1. The standard InChI is InChI=1S/C19H18O6/c1-23-12-16(19(21)22)15-6-4-3-5-14(15)11-25-18-9-13(10-20)7-8-17(18)24-2/h3-10,12H,11H2,1-2H3,(H,21,22). The van der Waals surface area contributed by atoms with Crippen molar-refractivity contribution < 1.29 is 28.9 Å². The molecule has 6 nitrogen and oxygen atoms in total. The highest BCUT2D eigenvalue weighted by Gasteiger charge is 2.16. The van der Waals surface area contributed by atoms with E-state index in [1.54, 1.807) is 42.5 Å². The first-order chi connectivity index (χ1) is 12.1. The average molecular weight is 342 g/mol. The van der Waals surface area contributed by atoms with Gasteiger partial charge in [0.25, 0.3) is 0 Å². The number of methoxy groups -OCH3 is 2. The van der Waals surface area contributed by atoms with Crippen molar-refractivity contribution in [2.45, 2.75) is 6.61 Å².